The molecule has 12 aliphatic rings. The SMILES string of the molecule is CC(N)C12CC3CC(CC(C3)C1)C2.CC12CC3CC(C)(C1)CC(N)(C3)C2.NC12CC3CC(CC(C3)C1)C2. The normalized spacial score (nSPS) is 60.0. The Morgan fingerprint density at radius 3 is 1.14 bits per heavy atom. The summed E-state index contributed by atoms with van der Waals surface area (Å²) in [5.41, 5.74) is 21.3. The zero-order valence-corrected chi connectivity index (χ0v) is 24.6. The highest BCUT2D eigenvalue weighted by atomic mass is 14.8. The molecule has 37 heavy (non-hydrogen) atoms. The van der Waals surface area contributed by atoms with Crippen molar-refractivity contribution in [3.8, 4) is 0 Å². The number of nitrogens with two attached hydrogens (primary N) is 3. The molecule has 0 aromatic rings. The van der Waals surface area contributed by atoms with Gasteiger partial charge in [0.1, 0.15) is 0 Å². The summed E-state index contributed by atoms with van der Waals surface area (Å²) in [6.07, 6.45) is 25.8. The van der Waals surface area contributed by atoms with Crippen molar-refractivity contribution in [1.29, 1.82) is 0 Å². The molecule has 12 bridgehead atoms. The van der Waals surface area contributed by atoms with Crippen LogP contribution >= 0.6 is 0 Å². The molecule has 210 valence electrons. The summed E-state index contributed by atoms with van der Waals surface area (Å²) in [4.78, 5) is 0. The monoisotopic (exact) mass is 509 g/mol. The summed E-state index contributed by atoms with van der Waals surface area (Å²) in [5, 5.41) is 0. The minimum atomic E-state index is 0.225. The van der Waals surface area contributed by atoms with Gasteiger partial charge < -0.3 is 17.2 Å². The lowest BCUT2D eigenvalue weighted by atomic mass is 9.43. The van der Waals surface area contributed by atoms with Gasteiger partial charge in [0.25, 0.3) is 0 Å². The first-order chi connectivity index (χ1) is 17.3. The molecule has 3 atom stereocenters. The van der Waals surface area contributed by atoms with Crippen molar-refractivity contribution in [3.63, 3.8) is 0 Å². The second kappa shape index (κ2) is 8.45. The van der Waals surface area contributed by atoms with Crippen LogP contribution in [-0.2, 0) is 0 Å². The zero-order valence-electron chi connectivity index (χ0n) is 24.6. The van der Waals surface area contributed by atoms with Crippen molar-refractivity contribution in [3.05, 3.63) is 0 Å². The first-order valence-electron chi connectivity index (χ1n) is 16.7. The van der Waals surface area contributed by atoms with Gasteiger partial charge in [-0.05, 0) is 180 Å². The van der Waals surface area contributed by atoms with E-state index in [0.717, 1.165) is 41.4 Å². The molecular formula is C34H59N3. The zero-order chi connectivity index (χ0) is 25.8. The predicted octanol–water partition coefficient (Wildman–Crippen LogP) is 7.16. The lowest BCUT2D eigenvalue weighted by Crippen LogP contribution is -2.62. The number of rotatable bonds is 1. The van der Waals surface area contributed by atoms with Gasteiger partial charge in [-0.2, -0.15) is 0 Å². The van der Waals surface area contributed by atoms with E-state index in [1.54, 1.807) is 0 Å². The molecule has 12 fully saturated rings. The van der Waals surface area contributed by atoms with Crippen LogP contribution in [0.2, 0.25) is 0 Å². The summed E-state index contributed by atoms with van der Waals surface area (Å²) >= 11 is 0. The molecule has 0 aromatic heterocycles. The molecule has 0 heterocycles. The van der Waals surface area contributed by atoms with Crippen LogP contribution in [0.3, 0.4) is 0 Å². The van der Waals surface area contributed by atoms with E-state index in [-0.39, 0.29) is 5.54 Å². The molecule has 12 rings (SSSR count). The maximum Gasteiger partial charge on any atom is 0.0167 e. The fourth-order valence-corrected chi connectivity index (χ4v) is 14.4. The van der Waals surface area contributed by atoms with Gasteiger partial charge in [0.05, 0.1) is 0 Å². The second-order valence-corrected chi connectivity index (χ2v) is 18.3. The van der Waals surface area contributed by atoms with Crippen LogP contribution in [0.5, 0.6) is 0 Å². The predicted molar refractivity (Wildman–Crippen MR) is 154 cm³/mol. The van der Waals surface area contributed by atoms with Gasteiger partial charge in [0, 0.05) is 17.1 Å². The molecule has 3 nitrogen and oxygen atoms in total. The Hall–Kier alpha value is -0.120. The van der Waals surface area contributed by atoms with Crippen LogP contribution < -0.4 is 17.2 Å². The molecule has 0 amide bonds. The van der Waals surface area contributed by atoms with Crippen molar-refractivity contribution >= 4 is 0 Å². The molecule has 3 unspecified atom stereocenters. The lowest BCUT2D eigenvalue weighted by molar-refractivity contribution is -0.104. The maximum atomic E-state index is 6.49. The Bertz CT molecular complexity index is 768. The van der Waals surface area contributed by atoms with Crippen LogP contribution in [0.4, 0.5) is 0 Å². The first-order valence-corrected chi connectivity index (χ1v) is 16.7. The Balaban J connectivity index is 0.0000000941. The minimum Gasteiger partial charge on any atom is -0.327 e. The molecule has 6 N–H and O–H groups in total. The maximum absolute atomic E-state index is 6.49. The molecule has 12 saturated carbocycles. The van der Waals surface area contributed by atoms with Gasteiger partial charge in [0.15, 0.2) is 0 Å². The van der Waals surface area contributed by atoms with E-state index in [2.05, 4.69) is 20.8 Å². The molecule has 3 heteroatoms. The first kappa shape index (κ1) is 25.8. The molecule has 0 aromatic carbocycles. The Morgan fingerprint density at radius 1 is 0.486 bits per heavy atom. The Labute approximate surface area is 228 Å². The number of hydrogen-bond donors (Lipinski definition) is 3. The Morgan fingerprint density at radius 2 is 0.838 bits per heavy atom. The molecule has 0 radical (unpaired) electrons. The summed E-state index contributed by atoms with van der Waals surface area (Å²) in [6.45, 7) is 7.18. The van der Waals surface area contributed by atoms with Gasteiger partial charge in [0.2, 0.25) is 0 Å². The third kappa shape index (κ3) is 4.77. The largest absolute Gasteiger partial charge is 0.327 e. The fourth-order valence-electron chi connectivity index (χ4n) is 14.4. The van der Waals surface area contributed by atoms with E-state index in [0.29, 0.717) is 27.8 Å². The lowest BCUT2D eigenvalue weighted by Gasteiger charge is -2.64. The van der Waals surface area contributed by atoms with Gasteiger partial charge in [-0.3, -0.25) is 0 Å². The van der Waals surface area contributed by atoms with Crippen LogP contribution in [0.25, 0.3) is 0 Å². The van der Waals surface area contributed by atoms with E-state index in [1.807, 2.05) is 0 Å². The quantitative estimate of drug-likeness (QED) is 0.351. The second-order valence-electron chi connectivity index (χ2n) is 18.3. The van der Waals surface area contributed by atoms with Crippen molar-refractivity contribution in [2.24, 2.45) is 74.9 Å². The van der Waals surface area contributed by atoms with Gasteiger partial charge in [-0.1, -0.05) is 13.8 Å². The highest BCUT2D eigenvalue weighted by Crippen LogP contribution is 2.65. The van der Waals surface area contributed by atoms with E-state index < -0.39 is 0 Å². The van der Waals surface area contributed by atoms with Gasteiger partial charge >= 0.3 is 0 Å². The standard InChI is InChI=1S/2C12H21N.C10H17N/c1-10-3-9-4-11(2,6-10)8-12(13,5-9)7-10;1-8(13)12-5-9-2-10(6-12)4-11(3-9)7-12;11-10-4-7-1-8(5-10)3-9(2-7)6-10/h9H,3-8,13H2,1-2H3;8-11H,2-7,13H2,1H3;7-9H,1-6,11H2. The van der Waals surface area contributed by atoms with Crippen LogP contribution in [0.15, 0.2) is 0 Å². The molecular weight excluding hydrogens is 450 g/mol. The van der Waals surface area contributed by atoms with Crippen molar-refractivity contribution < 1.29 is 0 Å². The van der Waals surface area contributed by atoms with E-state index in [1.165, 1.54) is 116 Å². The van der Waals surface area contributed by atoms with Crippen LogP contribution in [0.1, 0.15) is 136 Å². The smallest absolute Gasteiger partial charge is 0.0167 e. The molecule has 0 spiro atoms. The molecule has 0 saturated heterocycles. The molecule has 0 aliphatic heterocycles. The fraction of sp³-hybridized carbons (Fsp3) is 1.00. The third-order valence-electron chi connectivity index (χ3n) is 13.8. The van der Waals surface area contributed by atoms with E-state index in [4.69, 9.17) is 17.2 Å². The average molecular weight is 510 g/mol. The van der Waals surface area contributed by atoms with Crippen molar-refractivity contribution in [2.75, 3.05) is 0 Å². The average Bonchev–Trinajstić information content (AvgIpc) is 2.68. The Kier molecular flexibility index (Phi) is 5.90. The summed E-state index contributed by atoms with van der Waals surface area (Å²) in [7, 11) is 0. The van der Waals surface area contributed by atoms with Gasteiger partial charge in [-0.25, -0.2) is 0 Å². The topological polar surface area (TPSA) is 78.1 Å². The summed E-state index contributed by atoms with van der Waals surface area (Å²) in [6, 6.07) is 0.445. The summed E-state index contributed by atoms with van der Waals surface area (Å²) in [5.74, 6) is 7.17. The van der Waals surface area contributed by atoms with Crippen molar-refractivity contribution in [1.82, 2.24) is 0 Å². The third-order valence-corrected chi connectivity index (χ3v) is 13.8. The highest BCUT2D eigenvalue weighted by Gasteiger charge is 2.58. The van der Waals surface area contributed by atoms with Crippen LogP contribution in [-0.4, -0.2) is 17.1 Å². The van der Waals surface area contributed by atoms with Gasteiger partial charge in [-0.15, -0.1) is 0 Å². The van der Waals surface area contributed by atoms with Crippen molar-refractivity contribution in [2.45, 2.75) is 153 Å². The molecule has 12 aliphatic carbocycles. The van der Waals surface area contributed by atoms with E-state index >= 15 is 0 Å². The van der Waals surface area contributed by atoms with E-state index in [9.17, 15) is 0 Å². The number of hydrogen-bond acceptors (Lipinski definition) is 3. The minimum absolute atomic E-state index is 0.225. The highest BCUT2D eigenvalue weighted by molar-refractivity contribution is 5.13. The van der Waals surface area contributed by atoms with Crippen LogP contribution in [0, 0.1) is 57.7 Å². The summed E-state index contributed by atoms with van der Waals surface area (Å²) < 4.78 is 0.